The zero-order valence-electron chi connectivity index (χ0n) is 16.1. The van der Waals surface area contributed by atoms with Crippen molar-refractivity contribution in [2.45, 2.75) is 26.4 Å². The number of nitrogens with zero attached hydrogens (tertiary/aromatic N) is 3. The Balaban J connectivity index is 1.88. The molecule has 0 fully saturated rings. The van der Waals surface area contributed by atoms with Crippen LogP contribution in [0, 0.1) is 18.3 Å². The molecule has 0 bridgehead atoms. The molecule has 2 aromatic carbocycles. The van der Waals surface area contributed by atoms with E-state index in [4.69, 9.17) is 14.6 Å². The first-order valence-corrected chi connectivity index (χ1v) is 9.12. The Kier molecular flexibility index (Phi) is 6.30. The van der Waals surface area contributed by atoms with Crippen LogP contribution in [0.5, 0.6) is 11.5 Å². The van der Waals surface area contributed by atoms with E-state index in [0.29, 0.717) is 34.9 Å². The van der Waals surface area contributed by atoms with Crippen LogP contribution in [0.3, 0.4) is 0 Å². The van der Waals surface area contributed by atoms with E-state index in [0.717, 1.165) is 17.7 Å². The number of hydrogen-bond donors (Lipinski definition) is 1. The molecule has 0 unspecified atom stereocenters. The number of ether oxygens (including phenoxy) is 2. The number of rotatable bonds is 8. The molecule has 6 nitrogen and oxygen atoms in total. The molecule has 3 rings (SSSR count). The second kappa shape index (κ2) is 9.07. The van der Waals surface area contributed by atoms with Crippen LogP contribution in [-0.4, -0.2) is 28.6 Å². The summed E-state index contributed by atoms with van der Waals surface area (Å²) in [4.78, 5) is 0. The van der Waals surface area contributed by atoms with Crippen molar-refractivity contribution in [2.75, 3.05) is 13.7 Å². The van der Waals surface area contributed by atoms with E-state index in [2.05, 4.69) is 11.2 Å². The van der Waals surface area contributed by atoms with Gasteiger partial charge in [0.15, 0.2) is 11.5 Å². The van der Waals surface area contributed by atoms with Crippen molar-refractivity contribution in [1.82, 2.24) is 9.78 Å². The van der Waals surface area contributed by atoms with Crippen molar-refractivity contribution in [3.8, 4) is 23.3 Å². The molecule has 1 heterocycles. The number of methoxy groups -OCH3 is 1. The number of para-hydroxylation sites is 1. The van der Waals surface area contributed by atoms with Crippen molar-refractivity contribution >= 4 is 0 Å². The summed E-state index contributed by atoms with van der Waals surface area (Å²) < 4.78 is 13.2. The molecule has 1 aromatic heterocycles. The van der Waals surface area contributed by atoms with Crippen LogP contribution in [0.2, 0.25) is 0 Å². The number of nitriles is 1. The third-order valence-corrected chi connectivity index (χ3v) is 4.48. The van der Waals surface area contributed by atoms with Gasteiger partial charge in [-0.1, -0.05) is 24.3 Å². The maximum Gasteiger partial charge on any atom is 0.161 e. The maximum atomic E-state index is 9.57. The van der Waals surface area contributed by atoms with Gasteiger partial charge in [0.05, 0.1) is 24.2 Å². The van der Waals surface area contributed by atoms with Gasteiger partial charge in [-0.3, -0.25) is 0 Å². The van der Waals surface area contributed by atoms with Crippen LogP contribution in [0.15, 0.2) is 48.5 Å². The number of benzene rings is 2. The highest BCUT2D eigenvalue weighted by Gasteiger charge is 2.18. The first-order valence-electron chi connectivity index (χ1n) is 9.12. The summed E-state index contributed by atoms with van der Waals surface area (Å²) >= 11 is 0. The van der Waals surface area contributed by atoms with E-state index in [1.807, 2.05) is 55.5 Å². The summed E-state index contributed by atoms with van der Waals surface area (Å²) in [6.45, 7) is 2.16. The first-order chi connectivity index (χ1) is 13.7. The number of aryl methyl sites for hydroxylation is 2. The number of hydrogen-bond acceptors (Lipinski definition) is 5. The lowest BCUT2D eigenvalue weighted by molar-refractivity contribution is 0.277. The number of aliphatic hydroxyl groups is 1. The summed E-state index contributed by atoms with van der Waals surface area (Å²) in [7, 11) is 1.59. The summed E-state index contributed by atoms with van der Waals surface area (Å²) in [5, 5.41) is 23.1. The highest BCUT2D eigenvalue weighted by molar-refractivity contribution is 5.45. The second-order valence-electron chi connectivity index (χ2n) is 6.37. The zero-order valence-corrected chi connectivity index (χ0v) is 16.1. The molecule has 0 atom stereocenters. The first kappa shape index (κ1) is 19.5. The molecule has 0 saturated heterocycles. The highest BCUT2D eigenvalue weighted by atomic mass is 16.5. The van der Waals surface area contributed by atoms with Gasteiger partial charge < -0.3 is 14.6 Å². The predicted molar refractivity (Wildman–Crippen MR) is 106 cm³/mol. The van der Waals surface area contributed by atoms with E-state index < -0.39 is 0 Å². The Morgan fingerprint density at radius 2 is 1.93 bits per heavy atom. The molecule has 0 spiro atoms. The predicted octanol–water partition coefficient (Wildman–Crippen LogP) is 3.56. The average molecular weight is 377 g/mol. The Morgan fingerprint density at radius 3 is 2.61 bits per heavy atom. The Labute approximate surface area is 164 Å². The van der Waals surface area contributed by atoms with Crippen molar-refractivity contribution in [1.29, 1.82) is 5.26 Å². The quantitative estimate of drug-likeness (QED) is 0.649. The molecule has 6 heteroatoms. The van der Waals surface area contributed by atoms with Gasteiger partial charge in [0.25, 0.3) is 0 Å². The van der Waals surface area contributed by atoms with Gasteiger partial charge in [-0.05, 0) is 49.6 Å². The fourth-order valence-corrected chi connectivity index (χ4v) is 3.05. The fraction of sp³-hybridized carbons (Fsp3) is 0.273. The van der Waals surface area contributed by atoms with Gasteiger partial charge in [-0.2, -0.15) is 10.4 Å². The maximum absolute atomic E-state index is 9.57. The van der Waals surface area contributed by atoms with E-state index in [1.165, 1.54) is 0 Å². The molecule has 0 amide bonds. The highest BCUT2D eigenvalue weighted by Crippen LogP contribution is 2.30. The minimum atomic E-state index is 0.153. The lowest BCUT2D eigenvalue weighted by Gasteiger charge is -2.13. The summed E-state index contributed by atoms with van der Waals surface area (Å²) in [5.41, 5.74) is 3.81. The average Bonchev–Trinajstić information content (AvgIpc) is 3.06. The van der Waals surface area contributed by atoms with Crippen molar-refractivity contribution in [2.24, 2.45) is 0 Å². The van der Waals surface area contributed by atoms with Gasteiger partial charge >= 0.3 is 0 Å². The summed E-state index contributed by atoms with van der Waals surface area (Å²) in [6.07, 6.45) is 1.47. The topological polar surface area (TPSA) is 80.3 Å². The smallest absolute Gasteiger partial charge is 0.161 e. The minimum Gasteiger partial charge on any atom is -0.493 e. The van der Waals surface area contributed by atoms with Crippen LogP contribution >= 0.6 is 0 Å². The molecule has 3 aromatic rings. The van der Waals surface area contributed by atoms with Gasteiger partial charge in [-0.15, -0.1) is 0 Å². The van der Waals surface area contributed by atoms with Crippen LogP contribution in [-0.2, 0) is 13.0 Å². The van der Waals surface area contributed by atoms with Gasteiger partial charge in [0.1, 0.15) is 18.2 Å². The third kappa shape index (κ3) is 4.16. The molecule has 0 aliphatic rings. The lowest BCUT2D eigenvalue weighted by atomic mass is 10.1. The van der Waals surface area contributed by atoms with Gasteiger partial charge in [-0.25, -0.2) is 4.68 Å². The van der Waals surface area contributed by atoms with Gasteiger partial charge in [0.2, 0.25) is 0 Å². The Bertz CT molecular complexity index is 975. The lowest BCUT2D eigenvalue weighted by Crippen LogP contribution is -2.07. The van der Waals surface area contributed by atoms with E-state index in [9.17, 15) is 5.26 Å². The Morgan fingerprint density at radius 1 is 1.14 bits per heavy atom. The van der Waals surface area contributed by atoms with Crippen LogP contribution in [0.4, 0.5) is 0 Å². The monoisotopic (exact) mass is 377 g/mol. The number of aliphatic hydroxyl groups excluding tert-OH is 1. The molecule has 0 aliphatic carbocycles. The molecule has 0 aliphatic heterocycles. The molecule has 0 saturated carbocycles. The van der Waals surface area contributed by atoms with Gasteiger partial charge in [0, 0.05) is 6.61 Å². The minimum absolute atomic E-state index is 0.153. The standard InChI is InChI=1S/C22H23N3O3/c1-16-19(14-23)20(25(24-16)18-8-4-3-5-9-18)15-28-21-11-10-17(7-6-12-26)13-22(21)27-2/h3-5,8-11,13,26H,6-7,12,15H2,1-2H3. The van der Waals surface area contributed by atoms with Crippen molar-refractivity contribution < 1.29 is 14.6 Å². The van der Waals surface area contributed by atoms with E-state index in [1.54, 1.807) is 11.8 Å². The van der Waals surface area contributed by atoms with E-state index in [-0.39, 0.29) is 13.2 Å². The molecular weight excluding hydrogens is 354 g/mol. The normalized spacial score (nSPS) is 10.5. The molecule has 0 radical (unpaired) electrons. The molecule has 1 N–H and O–H groups in total. The Hall–Kier alpha value is -3.30. The van der Waals surface area contributed by atoms with Crippen molar-refractivity contribution in [3.63, 3.8) is 0 Å². The largest absolute Gasteiger partial charge is 0.493 e. The number of aromatic nitrogens is 2. The third-order valence-electron chi connectivity index (χ3n) is 4.48. The molecular formula is C22H23N3O3. The SMILES string of the molecule is COc1cc(CCCO)ccc1OCc1c(C#N)c(C)nn1-c1ccccc1. The van der Waals surface area contributed by atoms with E-state index >= 15 is 0 Å². The van der Waals surface area contributed by atoms with Crippen LogP contribution in [0.25, 0.3) is 5.69 Å². The second-order valence-corrected chi connectivity index (χ2v) is 6.37. The van der Waals surface area contributed by atoms with Crippen LogP contribution in [0.1, 0.15) is 28.9 Å². The van der Waals surface area contributed by atoms with Crippen LogP contribution < -0.4 is 9.47 Å². The molecule has 144 valence electrons. The fourth-order valence-electron chi connectivity index (χ4n) is 3.05. The zero-order chi connectivity index (χ0) is 19.9. The molecule has 28 heavy (non-hydrogen) atoms. The summed E-state index contributed by atoms with van der Waals surface area (Å²) in [5.74, 6) is 1.22. The summed E-state index contributed by atoms with van der Waals surface area (Å²) in [6, 6.07) is 17.6. The van der Waals surface area contributed by atoms with Crippen molar-refractivity contribution in [3.05, 3.63) is 71.0 Å².